The van der Waals surface area contributed by atoms with Crippen molar-refractivity contribution in [1.82, 2.24) is 4.98 Å². The molecule has 22 heavy (non-hydrogen) atoms. The summed E-state index contributed by atoms with van der Waals surface area (Å²) in [5.74, 6) is 0. The largest absolute Gasteiger partial charge is 0.353 e. The Morgan fingerprint density at radius 1 is 1.05 bits per heavy atom. The monoisotopic (exact) mass is 305 g/mol. The van der Waals surface area contributed by atoms with E-state index < -0.39 is 0 Å². The van der Waals surface area contributed by atoms with Gasteiger partial charge in [0.05, 0.1) is 16.1 Å². The van der Waals surface area contributed by atoms with Crippen molar-refractivity contribution in [2.45, 2.75) is 13.3 Å². The van der Waals surface area contributed by atoms with Gasteiger partial charge in [0.1, 0.15) is 0 Å². The van der Waals surface area contributed by atoms with Crippen molar-refractivity contribution in [3.8, 4) is 10.6 Å². The second-order valence-electron chi connectivity index (χ2n) is 5.36. The molecule has 3 heteroatoms. The first-order valence-electron chi connectivity index (χ1n) is 7.39. The van der Waals surface area contributed by atoms with Crippen LogP contribution in [0.5, 0.6) is 0 Å². The van der Waals surface area contributed by atoms with Gasteiger partial charge in [-0.3, -0.25) is 4.79 Å². The van der Waals surface area contributed by atoms with Crippen molar-refractivity contribution in [3.05, 3.63) is 59.0 Å². The number of hydrogen-bond acceptors (Lipinski definition) is 2. The number of fused-ring (bicyclic) bond motifs is 3. The summed E-state index contributed by atoms with van der Waals surface area (Å²) in [5, 5.41) is 3.33. The summed E-state index contributed by atoms with van der Waals surface area (Å²) in [6, 6.07) is 16.6. The number of aromatic amines is 1. The van der Waals surface area contributed by atoms with Gasteiger partial charge in [-0.2, -0.15) is 0 Å². The molecule has 2 aromatic carbocycles. The Kier molecular flexibility index (Phi) is 3.09. The topological polar surface area (TPSA) is 32.9 Å². The Bertz CT molecular complexity index is 993. The molecule has 0 aliphatic heterocycles. The molecule has 0 aliphatic carbocycles. The van der Waals surface area contributed by atoms with Gasteiger partial charge in [0, 0.05) is 21.2 Å². The molecule has 0 amide bonds. The molecule has 108 valence electrons. The van der Waals surface area contributed by atoms with E-state index in [1.165, 1.54) is 10.3 Å². The van der Waals surface area contributed by atoms with Crippen LogP contribution in [0, 0.1) is 0 Å². The molecule has 0 spiro atoms. The first kappa shape index (κ1) is 13.3. The molecule has 1 N–H and O–H groups in total. The summed E-state index contributed by atoms with van der Waals surface area (Å²) >= 11 is 1.75. The van der Waals surface area contributed by atoms with Gasteiger partial charge in [-0.05, 0) is 23.9 Å². The molecular weight excluding hydrogens is 290 g/mol. The van der Waals surface area contributed by atoms with Gasteiger partial charge < -0.3 is 4.98 Å². The minimum Gasteiger partial charge on any atom is -0.353 e. The number of aldehydes is 1. The summed E-state index contributed by atoms with van der Waals surface area (Å²) in [6.45, 7) is 2.15. The van der Waals surface area contributed by atoms with Gasteiger partial charge in [0.2, 0.25) is 0 Å². The molecule has 4 aromatic rings. The molecule has 0 saturated heterocycles. The number of aryl methyl sites for hydroxylation is 1. The molecule has 0 radical (unpaired) electrons. The van der Waals surface area contributed by atoms with E-state index in [-0.39, 0.29) is 0 Å². The Balaban J connectivity index is 2.06. The van der Waals surface area contributed by atoms with E-state index in [1.54, 1.807) is 11.3 Å². The maximum atomic E-state index is 11.7. The Morgan fingerprint density at radius 3 is 2.68 bits per heavy atom. The molecule has 0 unspecified atom stereocenters. The third-order valence-corrected chi connectivity index (χ3v) is 5.36. The van der Waals surface area contributed by atoms with E-state index in [4.69, 9.17) is 0 Å². The van der Waals surface area contributed by atoms with E-state index >= 15 is 0 Å². The molecule has 0 saturated carbocycles. The fourth-order valence-electron chi connectivity index (χ4n) is 2.98. The molecule has 2 heterocycles. The average molecular weight is 305 g/mol. The molecule has 2 nitrogen and oxygen atoms in total. The lowest BCUT2D eigenvalue weighted by Crippen LogP contribution is -1.80. The molecule has 4 rings (SSSR count). The average Bonchev–Trinajstić information content (AvgIpc) is 3.18. The minimum atomic E-state index is 0.755. The van der Waals surface area contributed by atoms with E-state index in [0.717, 1.165) is 45.1 Å². The smallest absolute Gasteiger partial charge is 0.152 e. The number of hydrogen-bond donors (Lipinski definition) is 1. The summed E-state index contributed by atoms with van der Waals surface area (Å²) in [6.07, 6.45) is 1.98. The molecule has 0 bridgehead atoms. The van der Waals surface area contributed by atoms with Crippen molar-refractivity contribution in [3.63, 3.8) is 0 Å². The van der Waals surface area contributed by atoms with Gasteiger partial charge in [0.25, 0.3) is 0 Å². The van der Waals surface area contributed by atoms with Crippen molar-refractivity contribution in [2.24, 2.45) is 0 Å². The number of carbonyl (C=O) groups is 1. The quantitative estimate of drug-likeness (QED) is 0.503. The number of H-pyrrole nitrogens is 1. The van der Waals surface area contributed by atoms with Crippen LogP contribution < -0.4 is 0 Å². The summed E-state index contributed by atoms with van der Waals surface area (Å²) in [4.78, 5) is 17.6. The normalized spacial score (nSPS) is 11.3. The predicted molar refractivity (Wildman–Crippen MR) is 93.9 cm³/mol. The number of thiophene rings is 1. The van der Waals surface area contributed by atoms with E-state index in [9.17, 15) is 4.79 Å². The third-order valence-electron chi connectivity index (χ3n) is 4.11. The first-order valence-corrected chi connectivity index (χ1v) is 8.21. The van der Waals surface area contributed by atoms with Crippen LogP contribution in [-0.4, -0.2) is 11.3 Å². The maximum Gasteiger partial charge on any atom is 0.152 e. The van der Waals surface area contributed by atoms with Gasteiger partial charge >= 0.3 is 0 Å². The summed E-state index contributed by atoms with van der Waals surface area (Å²) in [7, 11) is 0. The van der Waals surface area contributed by atoms with Crippen molar-refractivity contribution >= 4 is 39.3 Å². The van der Waals surface area contributed by atoms with Crippen LogP contribution in [0.25, 0.3) is 32.2 Å². The van der Waals surface area contributed by atoms with Gasteiger partial charge in [-0.1, -0.05) is 43.3 Å². The van der Waals surface area contributed by atoms with Crippen LogP contribution in [0.15, 0.2) is 48.5 Å². The minimum absolute atomic E-state index is 0.755. The molecule has 0 fully saturated rings. The summed E-state index contributed by atoms with van der Waals surface area (Å²) < 4.78 is 0. The Hall–Kier alpha value is -2.39. The van der Waals surface area contributed by atoms with Crippen LogP contribution in [0.1, 0.15) is 22.2 Å². The zero-order chi connectivity index (χ0) is 15.1. The summed E-state index contributed by atoms with van der Waals surface area (Å²) in [5.41, 5.74) is 2.73. The van der Waals surface area contributed by atoms with Crippen molar-refractivity contribution in [2.75, 3.05) is 0 Å². The van der Waals surface area contributed by atoms with E-state index in [1.807, 2.05) is 18.2 Å². The van der Waals surface area contributed by atoms with Gasteiger partial charge in [0.15, 0.2) is 6.29 Å². The Labute approximate surface area is 132 Å². The van der Waals surface area contributed by atoms with Crippen LogP contribution in [0.2, 0.25) is 0 Å². The third kappa shape index (κ3) is 1.90. The standard InChI is InChI=1S/C19H15NOS/c1-2-13-8-10-17(22-13)19-16(11-21)15-9-7-12-5-3-4-6-14(12)18(15)20-19/h3-11,20H,2H2,1H3. The van der Waals surface area contributed by atoms with Gasteiger partial charge in [-0.25, -0.2) is 0 Å². The van der Waals surface area contributed by atoms with Crippen molar-refractivity contribution in [1.29, 1.82) is 0 Å². The lowest BCUT2D eigenvalue weighted by atomic mass is 10.1. The molecule has 2 aromatic heterocycles. The van der Waals surface area contributed by atoms with E-state index in [2.05, 4.69) is 42.2 Å². The second-order valence-corrected chi connectivity index (χ2v) is 6.53. The lowest BCUT2D eigenvalue weighted by molar-refractivity contribution is 0.112. The number of nitrogens with one attached hydrogen (secondary N) is 1. The van der Waals surface area contributed by atoms with Gasteiger partial charge in [-0.15, -0.1) is 11.3 Å². The fraction of sp³-hybridized carbons (Fsp3) is 0.105. The highest BCUT2D eigenvalue weighted by Gasteiger charge is 2.15. The molecule has 0 atom stereocenters. The maximum absolute atomic E-state index is 11.7. The number of rotatable bonds is 3. The number of carbonyl (C=O) groups excluding carboxylic acids is 1. The Morgan fingerprint density at radius 2 is 1.91 bits per heavy atom. The number of aromatic nitrogens is 1. The van der Waals surface area contributed by atoms with Crippen LogP contribution in [0.3, 0.4) is 0 Å². The predicted octanol–water partition coefficient (Wildman–Crippen LogP) is 5.42. The second kappa shape index (κ2) is 5.11. The lowest BCUT2D eigenvalue weighted by Gasteiger charge is -1.98. The highest BCUT2D eigenvalue weighted by molar-refractivity contribution is 7.15. The molecule has 0 aliphatic rings. The van der Waals surface area contributed by atoms with Crippen LogP contribution >= 0.6 is 11.3 Å². The highest BCUT2D eigenvalue weighted by atomic mass is 32.1. The zero-order valence-corrected chi connectivity index (χ0v) is 13.0. The fourth-order valence-corrected chi connectivity index (χ4v) is 3.94. The van der Waals surface area contributed by atoms with Crippen LogP contribution in [0.4, 0.5) is 0 Å². The van der Waals surface area contributed by atoms with Crippen molar-refractivity contribution < 1.29 is 4.79 Å². The van der Waals surface area contributed by atoms with E-state index in [0.29, 0.717) is 0 Å². The SMILES string of the molecule is CCc1ccc(-c2[nH]c3c(ccc4ccccc43)c2C=O)s1. The highest BCUT2D eigenvalue weighted by Crippen LogP contribution is 2.36. The molecular formula is C19H15NOS. The zero-order valence-electron chi connectivity index (χ0n) is 12.2. The number of benzene rings is 2. The first-order chi connectivity index (χ1) is 10.8. The van der Waals surface area contributed by atoms with Crippen LogP contribution in [-0.2, 0) is 6.42 Å².